The van der Waals surface area contributed by atoms with Gasteiger partial charge < -0.3 is 15.6 Å². The monoisotopic (exact) mass is 526 g/mol. The third-order valence-electron chi connectivity index (χ3n) is 4.78. The number of carbonyl (C=O) groups is 1. The number of aryl methyl sites for hydroxylation is 1. The Morgan fingerprint density at radius 3 is 2.37 bits per heavy atom. The van der Waals surface area contributed by atoms with Crippen LogP contribution in [0, 0.1) is 6.92 Å². The first kappa shape index (κ1) is 26.2. The molecule has 0 radical (unpaired) electrons. The van der Waals surface area contributed by atoms with E-state index in [4.69, 9.17) is 5.73 Å². The summed E-state index contributed by atoms with van der Waals surface area (Å²) in [6, 6.07) is 3.14. The SMILES string of the molecule is Cc1ccc(S(=O)(=O)C(OC(=O)C(F)(F)F)C(C)O)cc1-c1cnc2c(N)nc(C(F)(F)F)cn12. The van der Waals surface area contributed by atoms with E-state index in [2.05, 4.69) is 14.7 Å². The van der Waals surface area contributed by atoms with Crippen molar-refractivity contribution in [3.8, 4) is 11.3 Å². The van der Waals surface area contributed by atoms with Crippen LogP contribution in [0.15, 0.2) is 35.5 Å². The molecule has 0 bridgehead atoms. The molecule has 0 aliphatic heterocycles. The molecule has 2 unspecified atom stereocenters. The van der Waals surface area contributed by atoms with Gasteiger partial charge in [-0.25, -0.2) is 23.2 Å². The van der Waals surface area contributed by atoms with E-state index in [1.807, 2.05) is 0 Å². The maximum Gasteiger partial charge on any atom is 0.490 e. The highest BCUT2D eigenvalue weighted by Crippen LogP contribution is 2.33. The van der Waals surface area contributed by atoms with E-state index in [1.165, 1.54) is 13.0 Å². The van der Waals surface area contributed by atoms with Crippen molar-refractivity contribution in [2.75, 3.05) is 5.73 Å². The van der Waals surface area contributed by atoms with Crippen LogP contribution in [0.2, 0.25) is 0 Å². The lowest BCUT2D eigenvalue weighted by molar-refractivity contribution is -0.204. The number of sulfone groups is 1. The van der Waals surface area contributed by atoms with Crippen molar-refractivity contribution in [1.82, 2.24) is 14.4 Å². The second kappa shape index (κ2) is 8.67. The standard InChI is InChI=1S/C19H16F6N4O5S/c1-8-3-4-10(35(32,33)16(9(2)30)34-17(31)19(23,24)25)5-11(8)12-6-27-15-14(26)28-13(7-29(12)15)18(20,21)22/h3-7,9,16,30H,1-2H3,(H2,26,28). The van der Waals surface area contributed by atoms with E-state index in [0.717, 1.165) is 29.7 Å². The van der Waals surface area contributed by atoms with E-state index < -0.39 is 56.1 Å². The Bertz CT molecular complexity index is 1400. The van der Waals surface area contributed by atoms with Crippen LogP contribution in [0.5, 0.6) is 0 Å². The second-order valence-corrected chi connectivity index (χ2v) is 9.41. The maximum absolute atomic E-state index is 13.2. The van der Waals surface area contributed by atoms with Crippen molar-refractivity contribution in [3.63, 3.8) is 0 Å². The molecule has 2 atom stereocenters. The fourth-order valence-corrected chi connectivity index (χ4v) is 4.67. The fourth-order valence-electron chi connectivity index (χ4n) is 3.13. The van der Waals surface area contributed by atoms with Gasteiger partial charge in [0.1, 0.15) is 6.10 Å². The smallest absolute Gasteiger partial charge is 0.436 e. The van der Waals surface area contributed by atoms with E-state index in [0.29, 0.717) is 11.8 Å². The lowest BCUT2D eigenvalue weighted by atomic mass is 10.1. The number of nitrogens with zero attached hydrogens (tertiary/aromatic N) is 3. The first-order valence-electron chi connectivity index (χ1n) is 9.46. The van der Waals surface area contributed by atoms with Crippen molar-refractivity contribution >= 4 is 27.3 Å². The van der Waals surface area contributed by atoms with Gasteiger partial charge in [0, 0.05) is 11.8 Å². The topological polar surface area (TPSA) is 137 Å². The lowest BCUT2D eigenvalue weighted by Crippen LogP contribution is -2.40. The molecule has 0 amide bonds. The molecule has 9 nitrogen and oxygen atoms in total. The summed E-state index contributed by atoms with van der Waals surface area (Å²) in [6.45, 7) is 2.29. The second-order valence-electron chi connectivity index (χ2n) is 7.38. The molecule has 3 aromatic rings. The average Bonchev–Trinajstić information content (AvgIpc) is 3.14. The van der Waals surface area contributed by atoms with Crippen LogP contribution in [0.25, 0.3) is 16.9 Å². The lowest BCUT2D eigenvalue weighted by Gasteiger charge is -2.22. The number of nitrogens with two attached hydrogens (primary N) is 1. The van der Waals surface area contributed by atoms with Crippen LogP contribution in [0.3, 0.4) is 0 Å². The Morgan fingerprint density at radius 2 is 1.83 bits per heavy atom. The number of alkyl halides is 6. The summed E-state index contributed by atoms with van der Waals surface area (Å²) in [7, 11) is -4.92. The molecular weight excluding hydrogens is 510 g/mol. The number of anilines is 1. The van der Waals surface area contributed by atoms with Gasteiger partial charge in [-0.15, -0.1) is 0 Å². The summed E-state index contributed by atoms with van der Waals surface area (Å²) in [5.74, 6) is -3.38. The number of carbonyl (C=O) groups excluding carboxylic acids is 1. The van der Waals surface area contributed by atoms with Gasteiger partial charge in [-0.1, -0.05) is 6.07 Å². The van der Waals surface area contributed by atoms with E-state index in [1.54, 1.807) is 0 Å². The Morgan fingerprint density at radius 1 is 1.20 bits per heavy atom. The average molecular weight is 526 g/mol. The highest BCUT2D eigenvalue weighted by Gasteiger charge is 2.46. The van der Waals surface area contributed by atoms with Crippen LogP contribution in [0.4, 0.5) is 32.2 Å². The quantitative estimate of drug-likeness (QED) is 0.383. The molecule has 2 heterocycles. The van der Waals surface area contributed by atoms with Gasteiger partial charge in [-0.3, -0.25) is 4.40 Å². The molecule has 3 N–H and O–H groups in total. The molecule has 0 fully saturated rings. The zero-order valence-corrected chi connectivity index (χ0v) is 18.5. The molecule has 2 aromatic heterocycles. The van der Waals surface area contributed by atoms with Crippen LogP contribution in [-0.4, -0.2) is 51.6 Å². The number of benzene rings is 1. The summed E-state index contributed by atoms with van der Waals surface area (Å²) in [4.78, 5) is 17.7. The number of aliphatic hydroxyl groups excluding tert-OH is 1. The minimum Gasteiger partial charge on any atom is -0.436 e. The summed E-state index contributed by atoms with van der Waals surface area (Å²) < 4.78 is 108. The number of hydrogen-bond acceptors (Lipinski definition) is 8. The van der Waals surface area contributed by atoms with Gasteiger partial charge in [0.15, 0.2) is 17.2 Å². The predicted octanol–water partition coefficient (Wildman–Crippen LogP) is 2.89. The van der Waals surface area contributed by atoms with Crippen molar-refractivity contribution in [1.29, 1.82) is 0 Å². The van der Waals surface area contributed by atoms with Crippen molar-refractivity contribution < 1.29 is 49.4 Å². The normalized spacial score (nSPS) is 14.7. The molecule has 35 heavy (non-hydrogen) atoms. The van der Waals surface area contributed by atoms with Crippen molar-refractivity contribution in [3.05, 3.63) is 41.9 Å². The van der Waals surface area contributed by atoms with Gasteiger partial charge >= 0.3 is 18.3 Å². The zero-order valence-electron chi connectivity index (χ0n) is 17.7. The number of nitrogen functional groups attached to an aromatic ring is 1. The number of imidazole rings is 1. The molecule has 16 heteroatoms. The molecular formula is C19H16F6N4O5S. The van der Waals surface area contributed by atoms with Crippen molar-refractivity contribution in [2.45, 2.75) is 42.6 Å². The van der Waals surface area contributed by atoms with E-state index in [-0.39, 0.29) is 16.9 Å². The fraction of sp³-hybridized carbons (Fsp3) is 0.316. The Labute approximate surface area is 193 Å². The molecule has 3 rings (SSSR count). The van der Waals surface area contributed by atoms with Crippen LogP contribution in [-0.2, 0) is 25.5 Å². The number of halogens is 6. The molecule has 1 aromatic carbocycles. The Kier molecular flexibility index (Phi) is 6.49. The Balaban J connectivity index is 2.16. The highest BCUT2D eigenvalue weighted by atomic mass is 32.2. The molecule has 0 spiro atoms. The number of aliphatic hydroxyl groups is 1. The highest BCUT2D eigenvalue weighted by molar-refractivity contribution is 7.92. The van der Waals surface area contributed by atoms with Gasteiger partial charge in [-0.05, 0) is 31.5 Å². The molecule has 190 valence electrons. The largest absolute Gasteiger partial charge is 0.490 e. The molecule has 0 saturated heterocycles. The van der Waals surface area contributed by atoms with Gasteiger partial charge in [0.25, 0.3) is 0 Å². The van der Waals surface area contributed by atoms with Crippen LogP contribution >= 0.6 is 0 Å². The zero-order chi connectivity index (χ0) is 26.5. The third-order valence-corrected chi connectivity index (χ3v) is 6.79. The number of esters is 1. The maximum atomic E-state index is 13.2. The van der Waals surface area contributed by atoms with E-state index >= 15 is 0 Å². The number of rotatable bonds is 5. The van der Waals surface area contributed by atoms with E-state index in [9.17, 15) is 44.7 Å². The first-order chi connectivity index (χ1) is 15.9. The van der Waals surface area contributed by atoms with Crippen LogP contribution < -0.4 is 5.73 Å². The van der Waals surface area contributed by atoms with Gasteiger partial charge in [-0.2, -0.15) is 26.3 Å². The number of fused-ring (bicyclic) bond motifs is 1. The number of ether oxygens (including phenoxy) is 1. The summed E-state index contributed by atoms with van der Waals surface area (Å²) in [6.07, 6.45) is -10.8. The summed E-state index contributed by atoms with van der Waals surface area (Å²) >= 11 is 0. The minimum atomic E-state index is -5.53. The molecule has 0 aliphatic carbocycles. The number of aromatic nitrogens is 3. The van der Waals surface area contributed by atoms with Gasteiger partial charge in [0.05, 0.1) is 16.8 Å². The predicted molar refractivity (Wildman–Crippen MR) is 107 cm³/mol. The van der Waals surface area contributed by atoms with Crippen molar-refractivity contribution in [2.24, 2.45) is 0 Å². The molecule has 0 saturated carbocycles. The van der Waals surface area contributed by atoms with Gasteiger partial charge in [0.2, 0.25) is 15.3 Å². The van der Waals surface area contributed by atoms with Crippen LogP contribution in [0.1, 0.15) is 18.2 Å². The minimum absolute atomic E-state index is 0.0174. The number of hydrogen-bond donors (Lipinski definition) is 2. The third kappa shape index (κ3) is 5.02. The summed E-state index contributed by atoms with van der Waals surface area (Å²) in [5, 5.41) is 9.74. The summed E-state index contributed by atoms with van der Waals surface area (Å²) in [5.41, 5.74) is 1.76. The first-order valence-corrected chi connectivity index (χ1v) is 11.0. The molecule has 0 aliphatic rings. The Hall–Kier alpha value is -3.40.